The highest BCUT2D eigenvalue weighted by atomic mass is 32.2. The van der Waals surface area contributed by atoms with Crippen LogP contribution in [-0.4, -0.2) is 32.1 Å². The number of sulfone groups is 1. The van der Waals surface area contributed by atoms with Crippen molar-refractivity contribution < 1.29 is 26.7 Å². The van der Waals surface area contributed by atoms with Gasteiger partial charge in [0.15, 0.2) is 11.5 Å². The van der Waals surface area contributed by atoms with Crippen LogP contribution in [-0.2, 0) is 9.84 Å². The molecular weight excluding hydrogens is 438 g/mol. The van der Waals surface area contributed by atoms with Crippen LogP contribution in [0.2, 0.25) is 0 Å². The number of halogens is 2. The summed E-state index contributed by atoms with van der Waals surface area (Å²) in [6.45, 7) is -3.06. The van der Waals surface area contributed by atoms with E-state index < -0.39 is 16.4 Å². The van der Waals surface area contributed by atoms with E-state index in [0.29, 0.717) is 16.6 Å². The van der Waals surface area contributed by atoms with Crippen LogP contribution in [0.25, 0.3) is 22.0 Å². The van der Waals surface area contributed by atoms with Crippen molar-refractivity contribution in [3.8, 4) is 11.5 Å². The fourth-order valence-electron chi connectivity index (χ4n) is 3.19. The number of para-hydroxylation sites is 2. The van der Waals surface area contributed by atoms with Crippen LogP contribution >= 0.6 is 0 Å². The Balaban J connectivity index is 1.91. The average Bonchev–Trinajstić information content (AvgIpc) is 3.21. The number of alkyl halides is 2. The summed E-state index contributed by atoms with van der Waals surface area (Å²) in [4.78, 5) is 7.41. The van der Waals surface area contributed by atoms with Crippen LogP contribution in [0.15, 0.2) is 77.7 Å². The number of nitrogens with zero attached hydrogens (tertiary/aromatic N) is 1. The third kappa shape index (κ3) is 4.33. The molecule has 1 aromatic heterocycles. The number of rotatable bonds is 7. The van der Waals surface area contributed by atoms with E-state index in [2.05, 4.69) is 14.7 Å². The molecule has 0 atom stereocenters. The van der Waals surface area contributed by atoms with E-state index in [1.807, 2.05) is 0 Å². The number of benzene rings is 3. The Morgan fingerprint density at radius 1 is 1.00 bits per heavy atom. The summed E-state index contributed by atoms with van der Waals surface area (Å²) in [7, 11) is -2.68. The first kappa shape index (κ1) is 21.5. The molecule has 0 saturated heterocycles. The molecule has 164 valence electrons. The summed E-state index contributed by atoms with van der Waals surface area (Å²) >= 11 is 0. The van der Waals surface area contributed by atoms with Crippen molar-refractivity contribution >= 4 is 31.9 Å². The number of fused-ring (bicyclic) bond motifs is 1. The maximum absolute atomic E-state index is 13.5. The van der Waals surface area contributed by atoms with Gasteiger partial charge in [0.25, 0.3) is 0 Å². The van der Waals surface area contributed by atoms with Crippen LogP contribution in [0.1, 0.15) is 11.4 Å². The number of hydrogen-bond donors (Lipinski definition) is 1. The number of nitrogens with one attached hydrogen (secondary N) is 1. The molecule has 3 aromatic carbocycles. The second-order valence-electron chi connectivity index (χ2n) is 6.72. The highest BCUT2D eigenvalue weighted by Gasteiger charge is 2.25. The maximum Gasteiger partial charge on any atom is 0.387 e. The van der Waals surface area contributed by atoms with Gasteiger partial charge in [-0.2, -0.15) is 8.78 Å². The van der Waals surface area contributed by atoms with Crippen LogP contribution in [0.3, 0.4) is 0 Å². The van der Waals surface area contributed by atoms with Crippen molar-refractivity contribution in [2.75, 3.05) is 7.11 Å². The van der Waals surface area contributed by atoms with E-state index >= 15 is 0 Å². The average molecular weight is 456 g/mol. The minimum atomic E-state index is -4.00. The molecule has 0 aliphatic rings. The van der Waals surface area contributed by atoms with Crippen molar-refractivity contribution in [1.29, 1.82) is 0 Å². The Morgan fingerprint density at radius 2 is 1.72 bits per heavy atom. The predicted octanol–water partition coefficient (Wildman–Crippen LogP) is 5.14. The smallest absolute Gasteiger partial charge is 0.387 e. The third-order valence-electron chi connectivity index (χ3n) is 4.67. The van der Waals surface area contributed by atoms with Gasteiger partial charge < -0.3 is 14.5 Å². The first-order valence-corrected chi connectivity index (χ1v) is 11.0. The van der Waals surface area contributed by atoms with Gasteiger partial charge >= 0.3 is 6.61 Å². The second kappa shape index (κ2) is 8.80. The van der Waals surface area contributed by atoms with E-state index in [1.54, 1.807) is 48.5 Å². The molecule has 0 aliphatic heterocycles. The predicted molar refractivity (Wildman–Crippen MR) is 117 cm³/mol. The Labute approximate surface area is 183 Å². The zero-order valence-corrected chi connectivity index (χ0v) is 17.6. The Bertz CT molecular complexity index is 1350. The van der Waals surface area contributed by atoms with Crippen molar-refractivity contribution in [1.82, 2.24) is 9.97 Å². The van der Waals surface area contributed by atoms with Crippen LogP contribution in [0.5, 0.6) is 11.5 Å². The monoisotopic (exact) mass is 456 g/mol. The fraction of sp³-hybridized carbons (Fsp3) is 0.0870. The standard InChI is InChI=1S/C23H18F2N2O4S/c1-30-19-12-11-15(13-20(19)31-23(24)25)14-21(32(28,29)16-7-3-2-4-8-16)22-26-17-9-5-6-10-18(17)27-22/h2-14,23H,1H3,(H,26,27)/b21-14+. The summed E-state index contributed by atoms with van der Waals surface area (Å²) in [5.41, 5.74) is 1.57. The lowest BCUT2D eigenvalue weighted by Crippen LogP contribution is -2.06. The molecule has 0 radical (unpaired) electrons. The molecule has 0 aliphatic carbocycles. The molecule has 0 bridgehead atoms. The number of hydrogen-bond acceptors (Lipinski definition) is 5. The van der Waals surface area contributed by atoms with Crippen LogP contribution in [0.4, 0.5) is 8.78 Å². The molecular formula is C23H18F2N2O4S. The van der Waals surface area contributed by atoms with Gasteiger partial charge in [0, 0.05) is 0 Å². The lowest BCUT2D eigenvalue weighted by atomic mass is 10.2. The summed E-state index contributed by atoms with van der Waals surface area (Å²) in [6.07, 6.45) is 1.36. The third-order valence-corrected chi connectivity index (χ3v) is 6.45. The Hall–Kier alpha value is -3.72. The molecule has 4 rings (SSSR count). The number of H-pyrrole nitrogens is 1. The van der Waals surface area contributed by atoms with Gasteiger partial charge in [0.1, 0.15) is 10.7 Å². The van der Waals surface area contributed by atoms with E-state index in [1.165, 1.54) is 37.5 Å². The van der Waals surface area contributed by atoms with Crippen molar-refractivity contribution in [2.24, 2.45) is 0 Å². The first-order valence-electron chi connectivity index (χ1n) is 9.48. The molecule has 0 saturated carbocycles. The normalized spacial score (nSPS) is 12.3. The molecule has 6 nitrogen and oxygen atoms in total. The van der Waals surface area contributed by atoms with E-state index in [0.717, 1.165) is 0 Å². The molecule has 32 heavy (non-hydrogen) atoms. The maximum atomic E-state index is 13.5. The minimum Gasteiger partial charge on any atom is -0.493 e. The van der Waals surface area contributed by atoms with E-state index in [4.69, 9.17) is 4.74 Å². The molecule has 1 N–H and O–H groups in total. The number of aromatic nitrogens is 2. The molecule has 9 heteroatoms. The number of methoxy groups -OCH3 is 1. The number of imidazole rings is 1. The van der Waals surface area contributed by atoms with Crippen LogP contribution < -0.4 is 9.47 Å². The second-order valence-corrected chi connectivity index (χ2v) is 8.63. The summed E-state index contributed by atoms with van der Waals surface area (Å²) in [5, 5.41) is 0. The number of aromatic amines is 1. The zero-order valence-electron chi connectivity index (χ0n) is 16.8. The largest absolute Gasteiger partial charge is 0.493 e. The SMILES string of the molecule is COc1ccc(/C=C(\c2nc3ccccc3[nH]2)S(=O)(=O)c2ccccc2)cc1OC(F)F. The first-order chi connectivity index (χ1) is 15.4. The van der Waals surface area contributed by atoms with Gasteiger partial charge in [0.05, 0.1) is 23.0 Å². The molecule has 0 spiro atoms. The topological polar surface area (TPSA) is 81.3 Å². The summed E-state index contributed by atoms with van der Waals surface area (Å²) in [5.74, 6) is 0.0122. The lowest BCUT2D eigenvalue weighted by Gasteiger charge is -2.11. The molecule has 0 amide bonds. The molecule has 4 aromatic rings. The quantitative estimate of drug-likeness (QED) is 0.416. The van der Waals surface area contributed by atoms with E-state index in [-0.39, 0.29) is 27.1 Å². The van der Waals surface area contributed by atoms with Gasteiger partial charge in [-0.3, -0.25) is 0 Å². The minimum absolute atomic E-state index is 0.0734. The molecule has 1 heterocycles. The van der Waals surface area contributed by atoms with Gasteiger partial charge in [-0.25, -0.2) is 13.4 Å². The van der Waals surface area contributed by atoms with Crippen molar-refractivity contribution in [3.05, 3.63) is 84.2 Å². The highest BCUT2D eigenvalue weighted by molar-refractivity contribution is 8.00. The summed E-state index contributed by atoms with van der Waals surface area (Å²) < 4.78 is 62.2. The van der Waals surface area contributed by atoms with Crippen molar-refractivity contribution in [3.63, 3.8) is 0 Å². The summed E-state index contributed by atoms with van der Waals surface area (Å²) in [6, 6.07) is 19.3. The van der Waals surface area contributed by atoms with Gasteiger partial charge in [-0.1, -0.05) is 36.4 Å². The van der Waals surface area contributed by atoms with Crippen LogP contribution in [0, 0.1) is 0 Å². The Morgan fingerprint density at radius 3 is 2.41 bits per heavy atom. The van der Waals surface area contributed by atoms with Gasteiger partial charge in [0.2, 0.25) is 9.84 Å². The van der Waals surface area contributed by atoms with E-state index in [9.17, 15) is 17.2 Å². The molecule has 0 fully saturated rings. The number of ether oxygens (including phenoxy) is 2. The van der Waals surface area contributed by atoms with Gasteiger partial charge in [-0.05, 0) is 48.0 Å². The van der Waals surface area contributed by atoms with Gasteiger partial charge in [-0.15, -0.1) is 0 Å². The molecule has 0 unspecified atom stereocenters. The highest BCUT2D eigenvalue weighted by Crippen LogP contribution is 2.34. The lowest BCUT2D eigenvalue weighted by molar-refractivity contribution is -0.0512. The zero-order chi connectivity index (χ0) is 22.7. The Kier molecular flexibility index (Phi) is 5.91. The van der Waals surface area contributed by atoms with Crippen molar-refractivity contribution in [2.45, 2.75) is 11.5 Å². The fourth-order valence-corrected chi connectivity index (χ4v) is 4.60.